The molecule has 38 heavy (non-hydrogen) atoms. The lowest BCUT2D eigenvalue weighted by Gasteiger charge is -2.38. The fraction of sp³-hybridized carbons (Fsp3) is 0.483. The maximum atomic E-state index is 15.0. The molecule has 9 heteroatoms. The van der Waals surface area contributed by atoms with Crippen LogP contribution in [0.15, 0.2) is 79.6 Å². The number of nitrogens with zero attached hydrogens (tertiary/aromatic N) is 2. The van der Waals surface area contributed by atoms with Crippen LogP contribution in [0.5, 0.6) is 0 Å². The van der Waals surface area contributed by atoms with Crippen LogP contribution in [0.1, 0.15) is 59.3 Å². The number of nitrogens with two attached hydrogens (primary N) is 2. The van der Waals surface area contributed by atoms with E-state index in [4.69, 9.17) is 11.5 Å². The third kappa shape index (κ3) is 6.61. The third-order valence-electron chi connectivity index (χ3n) is 7.44. The number of halogens is 2. The number of amides is 2. The number of urea groups is 1. The van der Waals surface area contributed by atoms with E-state index < -0.39 is 11.7 Å². The Morgan fingerprint density at radius 1 is 1.11 bits per heavy atom. The summed E-state index contributed by atoms with van der Waals surface area (Å²) in [7, 11) is 0. The van der Waals surface area contributed by atoms with E-state index in [0.717, 1.165) is 60.6 Å². The number of carbonyl (C=O) groups excluding carboxylic acids is 1. The van der Waals surface area contributed by atoms with Gasteiger partial charge in [-0.05, 0) is 63.7 Å². The Balaban J connectivity index is 1.50. The molecule has 206 valence electrons. The molecule has 5 N–H and O–H groups in total. The number of thioether (sulfide) groups is 1. The summed E-state index contributed by atoms with van der Waals surface area (Å²) in [6.45, 7) is 8.84. The number of rotatable bonds is 8. The summed E-state index contributed by atoms with van der Waals surface area (Å²) in [6.07, 6.45) is 11.9. The van der Waals surface area contributed by atoms with Crippen molar-refractivity contribution < 1.29 is 13.6 Å². The lowest BCUT2D eigenvalue weighted by atomic mass is 9.95. The zero-order chi connectivity index (χ0) is 27.4. The van der Waals surface area contributed by atoms with E-state index in [1.165, 1.54) is 17.8 Å². The second-order valence-electron chi connectivity index (χ2n) is 10.2. The van der Waals surface area contributed by atoms with E-state index >= 15 is 0 Å². The Hall–Kier alpha value is -2.78. The van der Waals surface area contributed by atoms with Crippen molar-refractivity contribution in [3.05, 3.63) is 79.6 Å². The smallest absolute Gasteiger partial charge is 0.314 e. The molecular weight excluding hydrogens is 504 g/mol. The van der Waals surface area contributed by atoms with Gasteiger partial charge in [0.2, 0.25) is 0 Å². The van der Waals surface area contributed by atoms with Gasteiger partial charge in [0.05, 0.1) is 5.03 Å². The molecule has 0 spiro atoms. The van der Waals surface area contributed by atoms with Crippen LogP contribution in [0.2, 0.25) is 0 Å². The van der Waals surface area contributed by atoms with Gasteiger partial charge in [-0.3, -0.25) is 4.90 Å². The van der Waals surface area contributed by atoms with Gasteiger partial charge in [0, 0.05) is 66.1 Å². The van der Waals surface area contributed by atoms with E-state index in [9.17, 15) is 13.6 Å². The fourth-order valence-corrected chi connectivity index (χ4v) is 6.09. The lowest BCUT2D eigenvalue weighted by Crippen LogP contribution is -2.53. The molecule has 1 heterocycles. The zero-order valence-corrected chi connectivity index (χ0v) is 23.4. The molecule has 4 aliphatic rings. The van der Waals surface area contributed by atoms with E-state index in [0.29, 0.717) is 35.7 Å². The van der Waals surface area contributed by atoms with Crippen LogP contribution in [0.25, 0.3) is 0 Å². The molecule has 0 aromatic carbocycles. The zero-order valence-electron chi connectivity index (χ0n) is 22.6. The summed E-state index contributed by atoms with van der Waals surface area (Å²) in [4.78, 5) is 16.2. The normalized spacial score (nSPS) is 23.4. The van der Waals surface area contributed by atoms with Gasteiger partial charge in [0.15, 0.2) is 0 Å². The molecule has 1 saturated carbocycles. The number of primary amides is 1. The van der Waals surface area contributed by atoms with Crippen molar-refractivity contribution in [3.63, 3.8) is 0 Å². The van der Waals surface area contributed by atoms with Crippen molar-refractivity contribution >= 4 is 17.8 Å². The minimum atomic E-state index is -0.492. The predicted octanol–water partition coefficient (Wildman–Crippen LogP) is 6.01. The average molecular weight is 544 g/mol. The monoisotopic (exact) mass is 543 g/mol. The molecule has 6 nitrogen and oxygen atoms in total. The Morgan fingerprint density at radius 2 is 1.82 bits per heavy atom. The Kier molecular flexibility index (Phi) is 9.20. The topological polar surface area (TPSA) is 87.6 Å². The quantitative estimate of drug-likeness (QED) is 0.349. The minimum Gasteiger partial charge on any atom is -0.401 e. The van der Waals surface area contributed by atoms with E-state index in [1.807, 2.05) is 0 Å². The molecule has 2 amide bonds. The van der Waals surface area contributed by atoms with E-state index in [2.05, 4.69) is 42.3 Å². The molecule has 4 rings (SSSR count). The van der Waals surface area contributed by atoms with Crippen LogP contribution in [-0.2, 0) is 0 Å². The highest BCUT2D eigenvalue weighted by molar-refractivity contribution is 8.07. The van der Waals surface area contributed by atoms with Crippen molar-refractivity contribution in [3.8, 4) is 0 Å². The summed E-state index contributed by atoms with van der Waals surface area (Å²) >= 11 is 1.47. The highest BCUT2D eigenvalue weighted by atomic mass is 32.2. The summed E-state index contributed by atoms with van der Waals surface area (Å²) in [6, 6.07) is -0.0897. The van der Waals surface area contributed by atoms with Crippen LogP contribution in [0.3, 0.4) is 0 Å². The standard InChI is InChI=1S/C29H39F2N5OS/c1-4-18(2)28(34-21-10-12-22(13-11-21)35-14-16-36(17-15-35)29(33)37)38-27(19(3)32)25(20-8-9-20)26-23(30)6-5-7-24(26)31/h6,10-12,22,34H,4-5,7-9,13-17,32H2,1-3H3,(H2,33,37)/b27-19+,28-18+. The molecule has 1 atom stereocenters. The van der Waals surface area contributed by atoms with Crippen molar-refractivity contribution in [2.75, 3.05) is 26.2 Å². The second-order valence-corrected chi connectivity index (χ2v) is 11.3. The van der Waals surface area contributed by atoms with Gasteiger partial charge in [-0.25, -0.2) is 13.6 Å². The molecule has 2 fully saturated rings. The first-order valence-corrected chi connectivity index (χ1v) is 14.3. The van der Waals surface area contributed by atoms with Crippen LogP contribution in [0, 0.1) is 0 Å². The van der Waals surface area contributed by atoms with Gasteiger partial charge in [-0.2, -0.15) is 0 Å². The number of allylic oxidation sites excluding steroid dienone is 9. The van der Waals surface area contributed by atoms with Gasteiger partial charge in [0.25, 0.3) is 0 Å². The van der Waals surface area contributed by atoms with Crippen LogP contribution >= 0.6 is 11.8 Å². The van der Waals surface area contributed by atoms with Gasteiger partial charge in [-0.1, -0.05) is 36.4 Å². The SMILES string of the molecule is CC/C(C)=C(\NC1=CCC(N2CCN(C(N)=O)CC2)C=C1)S/C(C(=C1CC1)C1=C(F)CCC=C1F)=C(\C)N. The molecular formula is C29H39F2N5OS. The first kappa shape index (κ1) is 28.2. The van der Waals surface area contributed by atoms with Crippen molar-refractivity contribution in [2.45, 2.75) is 65.3 Å². The largest absolute Gasteiger partial charge is 0.401 e. The van der Waals surface area contributed by atoms with E-state index in [1.54, 1.807) is 11.8 Å². The molecule has 0 radical (unpaired) electrons. The van der Waals surface area contributed by atoms with Crippen LogP contribution in [-0.4, -0.2) is 48.1 Å². The van der Waals surface area contributed by atoms with E-state index in [-0.39, 0.29) is 24.1 Å². The summed E-state index contributed by atoms with van der Waals surface area (Å²) < 4.78 is 29.9. The third-order valence-corrected chi connectivity index (χ3v) is 8.82. The van der Waals surface area contributed by atoms with Crippen LogP contribution < -0.4 is 16.8 Å². The van der Waals surface area contributed by atoms with Gasteiger partial charge in [-0.15, -0.1) is 0 Å². The second kappa shape index (κ2) is 12.4. The van der Waals surface area contributed by atoms with Crippen LogP contribution in [0.4, 0.5) is 13.6 Å². The molecule has 0 aromatic rings. The average Bonchev–Trinajstić information content (AvgIpc) is 3.74. The van der Waals surface area contributed by atoms with Gasteiger partial charge >= 0.3 is 6.03 Å². The Bertz CT molecular complexity index is 1180. The van der Waals surface area contributed by atoms with Crippen molar-refractivity contribution in [1.29, 1.82) is 0 Å². The lowest BCUT2D eigenvalue weighted by molar-refractivity contribution is 0.127. The van der Waals surface area contributed by atoms with Crippen molar-refractivity contribution in [1.82, 2.24) is 15.1 Å². The highest BCUT2D eigenvalue weighted by Gasteiger charge is 2.31. The Labute approximate surface area is 228 Å². The Morgan fingerprint density at radius 3 is 2.34 bits per heavy atom. The number of hydrogen-bond donors (Lipinski definition) is 3. The molecule has 0 aromatic heterocycles. The number of hydrogen-bond acceptors (Lipinski definition) is 5. The van der Waals surface area contributed by atoms with Crippen molar-refractivity contribution in [2.24, 2.45) is 11.5 Å². The molecule has 1 aliphatic heterocycles. The molecule has 1 saturated heterocycles. The summed E-state index contributed by atoms with van der Waals surface area (Å²) in [5, 5.41) is 4.50. The number of carbonyl (C=O) groups is 1. The minimum absolute atomic E-state index is 0.0839. The molecule has 3 aliphatic carbocycles. The maximum Gasteiger partial charge on any atom is 0.314 e. The van der Waals surface area contributed by atoms with Gasteiger partial charge < -0.3 is 21.7 Å². The summed E-state index contributed by atoms with van der Waals surface area (Å²) in [5.74, 6) is -0.890. The predicted molar refractivity (Wildman–Crippen MR) is 152 cm³/mol. The maximum absolute atomic E-state index is 15.0. The number of piperazine rings is 1. The number of nitrogens with one attached hydrogen (secondary N) is 1. The first-order chi connectivity index (χ1) is 18.2. The highest BCUT2D eigenvalue weighted by Crippen LogP contribution is 2.49. The molecule has 1 unspecified atom stereocenters. The summed E-state index contributed by atoms with van der Waals surface area (Å²) in [5.41, 5.74) is 16.2. The molecule has 0 bridgehead atoms. The van der Waals surface area contributed by atoms with Gasteiger partial charge in [0.1, 0.15) is 11.7 Å². The first-order valence-electron chi connectivity index (χ1n) is 13.4. The fourth-order valence-electron chi connectivity index (χ4n) is 4.89.